The van der Waals surface area contributed by atoms with E-state index < -0.39 is 12.1 Å². The fourth-order valence-electron chi connectivity index (χ4n) is 3.45. The summed E-state index contributed by atoms with van der Waals surface area (Å²) in [6, 6.07) is 10.3. The molecule has 0 fully saturated rings. The zero-order valence-electron chi connectivity index (χ0n) is 17.0. The third-order valence-corrected chi connectivity index (χ3v) is 4.93. The Morgan fingerprint density at radius 2 is 1.87 bits per heavy atom. The second-order valence-corrected chi connectivity index (χ2v) is 6.88. The molecule has 0 saturated carbocycles. The van der Waals surface area contributed by atoms with Gasteiger partial charge in [-0.1, -0.05) is 13.0 Å². The maximum absolute atomic E-state index is 13.3. The Morgan fingerprint density at radius 3 is 2.60 bits per heavy atom. The Balaban J connectivity index is 1.78. The maximum Gasteiger partial charge on any atom is 0.346 e. The Labute approximate surface area is 173 Å². The zero-order valence-corrected chi connectivity index (χ0v) is 17.0. The molecule has 0 aliphatic carbocycles. The Morgan fingerprint density at radius 1 is 1.10 bits per heavy atom. The SMILES string of the molecule is CCc1oc2cc(O[C@@H](C)C(=O)OC)ccc2c(=O)c1-c1ccc2c(c1)OCCO2. The van der Waals surface area contributed by atoms with Crippen molar-refractivity contribution in [3.05, 3.63) is 52.4 Å². The molecule has 1 atom stereocenters. The minimum absolute atomic E-state index is 0.141. The summed E-state index contributed by atoms with van der Waals surface area (Å²) in [4.78, 5) is 24.9. The fourth-order valence-corrected chi connectivity index (χ4v) is 3.45. The molecular formula is C23H22O7. The van der Waals surface area contributed by atoms with Crippen molar-refractivity contribution in [2.24, 2.45) is 0 Å². The van der Waals surface area contributed by atoms with Crippen LogP contribution in [0.5, 0.6) is 17.2 Å². The zero-order chi connectivity index (χ0) is 21.3. The van der Waals surface area contributed by atoms with Crippen molar-refractivity contribution in [2.45, 2.75) is 26.4 Å². The summed E-state index contributed by atoms with van der Waals surface area (Å²) in [5.74, 6) is 1.76. The summed E-state index contributed by atoms with van der Waals surface area (Å²) in [5, 5.41) is 0.426. The molecule has 0 radical (unpaired) electrons. The van der Waals surface area contributed by atoms with Crippen LogP contribution in [0.1, 0.15) is 19.6 Å². The van der Waals surface area contributed by atoms with Gasteiger partial charge < -0.3 is 23.4 Å². The van der Waals surface area contributed by atoms with E-state index in [9.17, 15) is 9.59 Å². The lowest BCUT2D eigenvalue weighted by molar-refractivity contribution is -0.147. The van der Waals surface area contributed by atoms with Crippen molar-refractivity contribution in [3.8, 4) is 28.4 Å². The second kappa shape index (κ2) is 8.10. The van der Waals surface area contributed by atoms with E-state index in [0.29, 0.717) is 64.7 Å². The van der Waals surface area contributed by atoms with Gasteiger partial charge in [0, 0.05) is 12.5 Å². The van der Waals surface area contributed by atoms with Gasteiger partial charge in [-0.05, 0) is 36.8 Å². The molecule has 1 aliphatic rings. The van der Waals surface area contributed by atoms with Gasteiger partial charge in [-0.15, -0.1) is 0 Å². The highest BCUT2D eigenvalue weighted by Crippen LogP contribution is 2.35. The molecule has 3 aromatic rings. The highest BCUT2D eigenvalue weighted by molar-refractivity contribution is 5.84. The van der Waals surface area contributed by atoms with E-state index in [4.69, 9.17) is 18.6 Å². The Kier molecular flexibility index (Phi) is 5.35. The van der Waals surface area contributed by atoms with E-state index in [2.05, 4.69) is 4.74 Å². The molecule has 156 valence electrons. The van der Waals surface area contributed by atoms with Crippen LogP contribution in [-0.4, -0.2) is 32.4 Å². The van der Waals surface area contributed by atoms with Crippen LogP contribution in [0.2, 0.25) is 0 Å². The molecule has 0 N–H and O–H groups in total. The van der Waals surface area contributed by atoms with Crippen LogP contribution in [0.3, 0.4) is 0 Å². The molecule has 0 spiro atoms. The van der Waals surface area contributed by atoms with Gasteiger partial charge in [0.05, 0.1) is 18.1 Å². The number of rotatable bonds is 5. The van der Waals surface area contributed by atoms with Crippen molar-refractivity contribution in [3.63, 3.8) is 0 Å². The number of aryl methyl sites for hydroxylation is 1. The molecule has 30 heavy (non-hydrogen) atoms. The maximum atomic E-state index is 13.3. The molecule has 0 amide bonds. The van der Waals surface area contributed by atoms with Crippen molar-refractivity contribution < 1.29 is 28.2 Å². The first kappa shape index (κ1) is 19.8. The predicted octanol–water partition coefficient (Wildman–Crippen LogP) is 3.73. The van der Waals surface area contributed by atoms with Crippen LogP contribution in [-0.2, 0) is 16.0 Å². The smallest absolute Gasteiger partial charge is 0.346 e. The number of carbonyl (C=O) groups excluding carboxylic acids is 1. The lowest BCUT2D eigenvalue weighted by Gasteiger charge is -2.19. The van der Waals surface area contributed by atoms with Gasteiger partial charge in [0.2, 0.25) is 5.43 Å². The number of benzene rings is 2. The van der Waals surface area contributed by atoms with Crippen LogP contribution in [0.25, 0.3) is 22.1 Å². The summed E-state index contributed by atoms with van der Waals surface area (Å²) in [7, 11) is 1.30. The lowest BCUT2D eigenvalue weighted by Crippen LogP contribution is -2.24. The largest absolute Gasteiger partial charge is 0.486 e. The van der Waals surface area contributed by atoms with E-state index >= 15 is 0 Å². The molecule has 4 rings (SSSR count). The lowest BCUT2D eigenvalue weighted by atomic mass is 10.0. The first-order chi connectivity index (χ1) is 14.5. The van der Waals surface area contributed by atoms with Crippen LogP contribution in [0.15, 0.2) is 45.6 Å². The summed E-state index contributed by atoms with van der Waals surface area (Å²) in [6.45, 7) is 4.49. The van der Waals surface area contributed by atoms with Crippen LogP contribution in [0.4, 0.5) is 0 Å². The van der Waals surface area contributed by atoms with E-state index in [1.165, 1.54) is 7.11 Å². The summed E-state index contributed by atoms with van der Waals surface area (Å²) < 4.78 is 27.6. The molecule has 1 aliphatic heterocycles. The van der Waals surface area contributed by atoms with Gasteiger partial charge in [0.1, 0.15) is 30.3 Å². The van der Waals surface area contributed by atoms with Gasteiger partial charge in [0.15, 0.2) is 17.6 Å². The van der Waals surface area contributed by atoms with Gasteiger partial charge in [-0.3, -0.25) is 4.79 Å². The molecule has 7 nitrogen and oxygen atoms in total. The molecular weight excluding hydrogens is 388 g/mol. The fraction of sp³-hybridized carbons (Fsp3) is 0.304. The average Bonchev–Trinajstić information content (AvgIpc) is 2.77. The minimum Gasteiger partial charge on any atom is -0.486 e. The van der Waals surface area contributed by atoms with E-state index in [-0.39, 0.29) is 5.43 Å². The number of hydrogen-bond donors (Lipinski definition) is 0. The molecule has 2 aromatic carbocycles. The number of ether oxygens (including phenoxy) is 4. The first-order valence-corrected chi connectivity index (χ1v) is 9.76. The average molecular weight is 410 g/mol. The van der Waals surface area contributed by atoms with E-state index in [0.717, 1.165) is 0 Å². The number of hydrogen-bond acceptors (Lipinski definition) is 7. The molecule has 1 aromatic heterocycles. The summed E-state index contributed by atoms with van der Waals surface area (Å²) in [6.07, 6.45) is -0.250. The van der Waals surface area contributed by atoms with Gasteiger partial charge in [-0.25, -0.2) is 4.79 Å². The molecule has 0 bridgehead atoms. The number of carbonyl (C=O) groups is 1. The number of esters is 1. The molecule has 0 saturated heterocycles. The molecule has 7 heteroatoms. The minimum atomic E-state index is -0.776. The van der Waals surface area contributed by atoms with Gasteiger partial charge in [-0.2, -0.15) is 0 Å². The highest BCUT2D eigenvalue weighted by Gasteiger charge is 2.20. The summed E-state index contributed by atoms with van der Waals surface area (Å²) >= 11 is 0. The van der Waals surface area contributed by atoms with Crippen molar-refractivity contribution >= 4 is 16.9 Å². The quantitative estimate of drug-likeness (QED) is 0.593. The van der Waals surface area contributed by atoms with Gasteiger partial charge >= 0.3 is 5.97 Å². The number of methoxy groups -OCH3 is 1. The second-order valence-electron chi connectivity index (χ2n) is 6.88. The van der Waals surface area contributed by atoms with Crippen molar-refractivity contribution in [1.82, 2.24) is 0 Å². The topological polar surface area (TPSA) is 84.2 Å². The summed E-state index contributed by atoms with van der Waals surface area (Å²) in [5.41, 5.74) is 1.47. The standard InChI is InChI=1S/C23H22O7/c1-4-17-21(14-5-8-18-20(11-14)28-10-9-27-18)22(24)16-7-6-15(12-19(16)30-17)29-13(2)23(25)26-3/h5-8,11-13H,4,9-10H2,1-3H3/t13-/m0/s1. The monoisotopic (exact) mass is 410 g/mol. The first-order valence-electron chi connectivity index (χ1n) is 9.76. The Hall–Kier alpha value is -3.48. The van der Waals surface area contributed by atoms with Gasteiger partial charge in [0.25, 0.3) is 0 Å². The van der Waals surface area contributed by atoms with Crippen molar-refractivity contribution in [1.29, 1.82) is 0 Å². The Bertz CT molecular complexity index is 1160. The van der Waals surface area contributed by atoms with Crippen LogP contribution < -0.4 is 19.6 Å². The number of fused-ring (bicyclic) bond motifs is 2. The van der Waals surface area contributed by atoms with Crippen molar-refractivity contribution in [2.75, 3.05) is 20.3 Å². The van der Waals surface area contributed by atoms with Crippen LogP contribution >= 0.6 is 0 Å². The molecule has 2 heterocycles. The normalized spacial score (nSPS) is 13.7. The highest BCUT2D eigenvalue weighted by atomic mass is 16.6. The predicted molar refractivity (Wildman–Crippen MR) is 110 cm³/mol. The van der Waals surface area contributed by atoms with E-state index in [1.54, 1.807) is 37.3 Å². The molecule has 0 unspecified atom stereocenters. The van der Waals surface area contributed by atoms with E-state index in [1.807, 2.05) is 13.0 Å². The third kappa shape index (κ3) is 3.58. The van der Waals surface area contributed by atoms with Crippen LogP contribution in [0, 0.1) is 0 Å². The third-order valence-electron chi connectivity index (χ3n) is 4.93.